The van der Waals surface area contributed by atoms with Crippen molar-refractivity contribution < 1.29 is 22.7 Å². The Hall–Kier alpha value is -3.03. The van der Waals surface area contributed by atoms with Gasteiger partial charge in [0.25, 0.3) is 5.91 Å². The maximum Gasteiger partial charge on any atom is 0.416 e. The lowest BCUT2D eigenvalue weighted by atomic mass is 10.1. The van der Waals surface area contributed by atoms with Crippen LogP contribution in [0.4, 0.5) is 18.9 Å². The summed E-state index contributed by atoms with van der Waals surface area (Å²) in [6.45, 7) is -0.0370. The van der Waals surface area contributed by atoms with E-state index in [0.717, 1.165) is 12.1 Å². The number of rotatable bonds is 6. The third-order valence-electron chi connectivity index (χ3n) is 3.19. The van der Waals surface area contributed by atoms with Gasteiger partial charge in [0.05, 0.1) is 31.1 Å². The summed E-state index contributed by atoms with van der Waals surface area (Å²) in [6, 6.07) is 11.6. The monoisotopic (exact) mass is 351 g/mol. The number of nitrogens with one attached hydrogen (secondary N) is 2. The van der Waals surface area contributed by atoms with E-state index < -0.39 is 17.6 Å². The number of halogens is 3. The lowest BCUT2D eigenvalue weighted by Crippen LogP contribution is -2.26. The molecule has 0 saturated carbocycles. The van der Waals surface area contributed by atoms with Crippen LogP contribution in [0.25, 0.3) is 0 Å². The molecule has 1 amide bonds. The summed E-state index contributed by atoms with van der Waals surface area (Å²) in [5.41, 5.74) is 2.64. The SMILES string of the molecule is COc1ccccc1NCC(=O)N/N=C/c1ccc(C(F)(F)F)cc1. The van der Waals surface area contributed by atoms with Crippen molar-refractivity contribution in [1.82, 2.24) is 5.43 Å². The molecule has 0 radical (unpaired) electrons. The first kappa shape index (κ1) is 18.3. The van der Waals surface area contributed by atoms with Crippen molar-refractivity contribution in [2.45, 2.75) is 6.18 Å². The molecule has 0 bridgehead atoms. The van der Waals surface area contributed by atoms with E-state index in [-0.39, 0.29) is 6.54 Å². The Morgan fingerprint density at radius 2 is 1.84 bits per heavy atom. The highest BCUT2D eigenvalue weighted by Crippen LogP contribution is 2.28. The van der Waals surface area contributed by atoms with Gasteiger partial charge in [0.15, 0.2) is 0 Å². The van der Waals surface area contributed by atoms with E-state index in [1.165, 1.54) is 25.5 Å². The van der Waals surface area contributed by atoms with E-state index in [9.17, 15) is 18.0 Å². The highest BCUT2D eigenvalue weighted by atomic mass is 19.4. The van der Waals surface area contributed by atoms with Gasteiger partial charge in [-0.1, -0.05) is 24.3 Å². The second-order valence-corrected chi connectivity index (χ2v) is 4.97. The van der Waals surface area contributed by atoms with Crippen molar-refractivity contribution in [2.75, 3.05) is 19.0 Å². The van der Waals surface area contributed by atoms with Crippen LogP contribution in [0.3, 0.4) is 0 Å². The fourth-order valence-corrected chi connectivity index (χ4v) is 1.94. The molecule has 0 heterocycles. The van der Waals surface area contributed by atoms with Crippen molar-refractivity contribution in [2.24, 2.45) is 5.10 Å². The van der Waals surface area contributed by atoms with Gasteiger partial charge in [-0.25, -0.2) is 5.43 Å². The molecule has 0 unspecified atom stereocenters. The van der Waals surface area contributed by atoms with Crippen molar-refractivity contribution in [3.63, 3.8) is 0 Å². The number of carbonyl (C=O) groups excluding carboxylic acids is 1. The standard InChI is InChI=1S/C17H16F3N3O2/c1-25-15-5-3-2-4-14(15)21-11-16(24)23-22-10-12-6-8-13(9-7-12)17(18,19)20/h2-10,21H,11H2,1H3,(H,23,24)/b22-10+. The van der Waals surface area contributed by atoms with Gasteiger partial charge in [0.2, 0.25) is 0 Å². The van der Waals surface area contributed by atoms with Crippen LogP contribution in [0, 0.1) is 0 Å². The van der Waals surface area contributed by atoms with E-state index in [1.54, 1.807) is 24.3 Å². The second-order valence-electron chi connectivity index (χ2n) is 4.97. The zero-order valence-electron chi connectivity index (χ0n) is 13.3. The lowest BCUT2D eigenvalue weighted by molar-refractivity contribution is -0.137. The van der Waals surface area contributed by atoms with E-state index >= 15 is 0 Å². The number of anilines is 1. The predicted octanol–water partition coefficient (Wildman–Crippen LogP) is 3.28. The van der Waals surface area contributed by atoms with Crippen LogP contribution in [-0.2, 0) is 11.0 Å². The number of amides is 1. The number of para-hydroxylation sites is 2. The number of hydrazone groups is 1. The number of alkyl halides is 3. The Kier molecular flexibility index (Phi) is 5.99. The smallest absolute Gasteiger partial charge is 0.416 e. The summed E-state index contributed by atoms with van der Waals surface area (Å²) in [4.78, 5) is 11.7. The third kappa shape index (κ3) is 5.52. The van der Waals surface area contributed by atoms with Gasteiger partial charge in [-0.05, 0) is 29.8 Å². The highest BCUT2D eigenvalue weighted by Gasteiger charge is 2.29. The van der Waals surface area contributed by atoms with Gasteiger partial charge >= 0.3 is 6.18 Å². The molecule has 132 valence electrons. The Morgan fingerprint density at radius 1 is 1.16 bits per heavy atom. The third-order valence-corrected chi connectivity index (χ3v) is 3.19. The average molecular weight is 351 g/mol. The molecule has 8 heteroatoms. The molecule has 0 saturated heterocycles. The van der Waals surface area contributed by atoms with Gasteiger partial charge in [-0.3, -0.25) is 4.79 Å². The van der Waals surface area contributed by atoms with Crippen molar-refractivity contribution >= 4 is 17.8 Å². The maximum atomic E-state index is 12.4. The van der Waals surface area contributed by atoms with Crippen LogP contribution in [0.15, 0.2) is 53.6 Å². The summed E-state index contributed by atoms with van der Waals surface area (Å²) in [6.07, 6.45) is -3.12. The Morgan fingerprint density at radius 3 is 2.48 bits per heavy atom. The average Bonchev–Trinajstić information content (AvgIpc) is 2.60. The first-order chi connectivity index (χ1) is 11.9. The molecule has 2 aromatic carbocycles. The molecule has 0 aromatic heterocycles. The molecule has 2 N–H and O–H groups in total. The molecule has 2 rings (SSSR count). The van der Waals surface area contributed by atoms with Crippen LogP contribution < -0.4 is 15.5 Å². The van der Waals surface area contributed by atoms with Gasteiger partial charge in [-0.2, -0.15) is 18.3 Å². The van der Waals surface area contributed by atoms with Crippen LogP contribution >= 0.6 is 0 Å². The molecule has 0 aliphatic rings. The van der Waals surface area contributed by atoms with Crippen molar-refractivity contribution in [1.29, 1.82) is 0 Å². The summed E-state index contributed by atoms with van der Waals surface area (Å²) in [5, 5.41) is 6.61. The molecule has 0 atom stereocenters. The predicted molar refractivity (Wildman–Crippen MR) is 88.7 cm³/mol. The zero-order valence-corrected chi connectivity index (χ0v) is 13.3. The Bertz CT molecular complexity index is 744. The fraction of sp³-hybridized carbons (Fsp3) is 0.176. The van der Waals surface area contributed by atoms with Crippen LogP contribution in [-0.4, -0.2) is 25.8 Å². The topological polar surface area (TPSA) is 62.7 Å². The van der Waals surface area contributed by atoms with Gasteiger partial charge < -0.3 is 10.1 Å². The van der Waals surface area contributed by atoms with Crippen LogP contribution in [0.5, 0.6) is 5.75 Å². The first-order valence-corrected chi connectivity index (χ1v) is 7.26. The quantitative estimate of drug-likeness (QED) is 0.620. The van der Waals surface area contributed by atoms with E-state index in [4.69, 9.17) is 4.74 Å². The molecule has 25 heavy (non-hydrogen) atoms. The number of hydrogen-bond acceptors (Lipinski definition) is 4. The Balaban J connectivity index is 1.84. The molecular formula is C17H16F3N3O2. The number of benzene rings is 2. The Labute approximate surface area is 142 Å². The van der Waals surface area contributed by atoms with E-state index in [0.29, 0.717) is 17.0 Å². The number of carbonyl (C=O) groups is 1. The largest absolute Gasteiger partial charge is 0.495 e. The molecule has 0 aliphatic carbocycles. The number of hydrogen-bond donors (Lipinski definition) is 2. The summed E-state index contributed by atoms with van der Waals surface area (Å²) < 4.78 is 42.5. The van der Waals surface area contributed by atoms with Gasteiger partial charge in [-0.15, -0.1) is 0 Å². The van der Waals surface area contributed by atoms with E-state index in [1.807, 2.05) is 0 Å². The fourth-order valence-electron chi connectivity index (χ4n) is 1.94. The zero-order chi connectivity index (χ0) is 18.3. The molecule has 5 nitrogen and oxygen atoms in total. The summed E-state index contributed by atoms with van der Waals surface area (Å²) in [7, 11) is 1.52. The van der Waals surface area contributed by atoms with Gasteiger partial charge in [0, 0.05) is 0 Å². The molecule has 2 aromatic rings. The normalized spacial score (nSPS) is 11.4. The molecule has 0 spiro atoms. The van der Waals surface area contributed by atoms with Gasteiger partial charge in [0.1, 0.15) is 5.75 Å². The minimum Gasteiger partial charge on any atom is -0.495 e. The lowest BCUT2D eigenvalue weighted by Gasteiger charge is -2.09. The maximum absolute atomic E-state index is 12.4. The minimum absolute atomic E-state index is 0.0370. The molecule has 0 fully saturated rings. The first-order valence-electron chi connectivity index (χ1n) is 7.26. The van der Waals surface area contributed by atoms with E-state index in [2.05, 4.69) is 15.8 Å². The van der Waals surface area contributed by atoms with Crippen LogP contribution in [0.2, 0.25) is 0 Å². The number of nitrogens with zero attached hydrogens (tertiary/aromatic N) is 1. The van der Waals surface area contributed by atoms with Crippen molar-refractivity contribution in [3.8, 4) is 5.75 Å². The minimum atomic E-state index is -4.38. The van der Waals surface area contributed by atoms with Crippen molar-refractivity contribution in [3.05, 3.63) is 59.7 Å². The highest BCUT2D eigenvalue weighted by molar-refractivity contribution is 5.84. The number of ether oxygens (including phenoxy) is 1. The summed E-state index contributed by atoms with van der Waals surface area (Å²) in [5.74, 6) is 0.192. The molecular weight excluding hydrogens is 335 g/mol. The molecule has 0 aliphatic heterocycles. The number of methoxy groups -OCH3 is 1. The van der Waals surface area contributed by atoms with Crippen LogP contribution in [0.1, 0.15) is 11.1 Å². The second kappa shape index (κ2) is 8.18. The summed E-state index contributed by atoms with van der Waals surface area (Å²) >= 11 is 0.